The number of nitriles is 1. The molecule has 0 aliphatic rings. The van der Waals surface area contributed by atoms with Crippen LogP contribution in [-0.4, -0.2) is 8.42 Å². The van der Waals surface area contributed by atoms with Crippen molar-refractivity contribution in [3.63, 3.8) is 0 Å². The summed E-state index contributed by atoms with van der Waals surface area (Å²) in [6.07, 6.45) is 0.769. The molecule has 0 saturated heterocycles. The number of nitrogens with zero attached hydrogens (tertiary/aromatic N) is 1. The highest BCUT2D eigenvalue weighted by Gasteiger charge is 2.25. The van der Waals surface area contributed by atoms with E-state index in [9.17, 15) is 13.7 Å². The first-order chi connectivity index (χ1) is 15.0. The fraction of sp³-hybridized carbons (Fsp3) is 0.125. The van der Waals surface area contributed by atoms with Gasteiger partial charge in [-0.2, -0.15) is 5.26 Å². The summed E-state index contributed by atoms with van der Waals surface area (Å²) in [5, 5.41) is 14.0. The molecule has 0 bridgehead atoms. The quantitative estimate of drug-likeness (QED) is 0.386. The number of anilines is 1. The Hall–Kier alpha value is -2.72. The number of hydrogen-bond acceptors (Lipinski definition) is 5. The third-order valence-electron chi connectivity index (χ3n) is 4.57. The normalized spacial score (nSPS) is 12.0. The van der Waals surface area contributed by atoms with Gasteiger partial charge in [0.15, 0.2) is 4.91 Å². The zero-order valence-corrected chi connectivity index (χ0v) is 19.3. The van der Waals surface area contributed by atoms with Gasteiger partial charge in [0.1, 0.15) is 11.1 Å². The SMILES string of the molecule is CCc1ccccc1NC(SCc1ccc(Cl)cc1)=C(C#N)S(=O)(=O)c1ccccc1. The Morgan fingerprint density at radius 2 is 1.65 bits per heavy atom. The molecule has 3 rings (SSSR count). The number of nitrogens with one attached hydrogen (secondary N) is 1. The Balaban J connectivity index is 2.06. The minimum atomic E-state index is -3.99. The first-order valence-corrected chi connectivity index (χ1v) is 12.5. The first-order valence-electron chi connectivity index (χ1n) is 9.62. The summed E-state index contributed by atoms with van der Waals surface area (Å²) < 4.78 is 26.5. The molecule has 31 heavy (non-hydrogen) atoms. The smallest absolute Gasteiger partial charge is 0.219 e. The van der Waals surface area contributed by atoms with Crippen molar-refractivity contribution in [1.29, 1.82) is 5.26 Å². The molecule has 0 aliphatic heterocycles. The molecule has 3 aromatic carbocycles. The van der Waals surface area contributed by atoms with Crippen molar-refractivity contribution in [2.45, 2.75) is 24.0 Å². The highest BCUT2D eigenvalue weighted by molar-refractivity contribution is 8.04. The van der Waals surface area contributed by atoms with Gasteiger partial charge in [0.25, 0.3) is 0 Å². The number of aryl methyl sites for hydroxylation is 1. The van der Waals surface area contributed by atoms with Crippen LogP contribution in [0.2, 0.25) is 5.02 Å². The van der Waals surface area contributed by atoms with Gasteiger partial charge in [-0.25, -0.2) is 8.42 Å². The van der Waals surface area contributed by atoms with E-state index in [2.05, 4.69) is 5.32 Å². The number of sulfone groups is 1. The summed E-state index contributed by atoms with van der Waals surface area (Å²) in [7, 11) is -3.99. The molecule has 3 aromatic rings. The van der Waals surface area contributed by atoms with Crippen LogP contribution in [0.1, 0.15) is 18.1 Å². The molecule has 0 unspecified atom stereocenters. The lowest BCUT2D eigenvalue weighted by atomic mass is 10.1. The lowest BCUT2D eigenvalue weighted by Crippen LogP contribution is -2.11. The van der Waals surface area contributed by atoms with Crippen LogP contribution in [0.25, 0.3) is 0 Å². The fourth-order valence-corrected chi connectivity index (χ4v) is 5.58. The topological polar surface area (TPSA) is 70.0 Å². The van der Waals surface area contributed by atoms with Crippen LogP contribution in [0.4, 0.5) is 5.69 Å². The van der Waals surface area contributed by atoms with Crippen LogP contribution < -0.4 is 5.32 Å². The van der Waals surface area contributed by atoms with E-state index in [1.54, 1.807) is 30.3 Å². The second-order valence-corrected chi connectivity index (χ2v) is 9.95. The van der Waals surface area contributed by atoms with Gasteiger partial charge >= 0.3 is 0 Å². The Morgan fingerprint density at radius 3 is 2.29 bits per heavy atom. The van der Waals surface area contributed by atoms with E-state index < -0.39 is 9.84 Å². The summed E-state index contributed by atoms with van der Waals surface area (Å²) in [5.41, 5.74) is 2.77. The zero-order valence-electron chi connectivity index (χ0n) is 16.9. The van der Waals surface area contributed by atoms with Crippen LogP contribution in [0.3, 0.4) is 0 Å². The second-order valence-electron chi connectivity index (χ2n) is 6.64. The van der Waals surface area contributed by atoms with Crippen molar-refractivity contribution in [2.75, 3.05) is 5.32 Å². The fourth-order valence-electron chi connectivity index (χ4n) is 2.92. The summed E-state index contributed by atoms with van der Waals surface area (Å²) in [6.45, 7) is 2.02. The van der Waals surface area contributed by atoms with Gasteiger partial charge < -0.3 is 5.32 Å². The van der Waals surface area contributed by atoms with E-state index in [-0.39, 0.29) is 9.80 Å². The zero-order chi connectivity index (χ0) is 22.3. The van der Waals surface area contributed by atoms with Gasteiger partial charge in [-0.1, -0.05) is 67.1 Å². The molecular weight excluding hydrogens is 448 g/mol. The van der Waals surface area contributed by atoms with E-state index in [1.165, 1.54) is 23.9 Å². The van der Waals surface area contributed by atoms with E-state index in [4.69, 9.17) is 11.6 Å². The van der Waals surface area contributed by atoms with Crippen molar-refractivity contribution >= 4 is 38.9 Å². The predicted molar refractivity (Wildman–Crippen MR) is 128 cm³/mol. The third kappa shape index (κ3) is 5.71. The Labute approximate surface area is 192 Å². The van der Waals surface area contributed by atoms with Gasteiger partial charge in [0.05, 0.1) is 4.90 Å². The molecule has 0 aromatic heterocycles. The maximum absolute atomic E-state index is 13.3. The van der Waals surface area contributed by atoms with Crippen LogP contribution in [0.5, 0.6) is 0 Å². The standard InChI is InChI=1S/C24H21ClN2O2S2/c1-2-19-8-6-7-11-22(19)27-24(30-17-18-12-14-20(25)15-13-18)23(16-26)31(28,29)21-9-4-3-5-10-21/h3-15,27H,2,17H2,1H3. The minimum absolute atomic E-state index is 0.0849. The van der Waals surface area contributed by atoms with Crippen molar-refractivity contribution in [1.82, 2.24) is 0 Å². The maximum atomic E-state index is 13.3. The molecule has 0 atom stereocenters. The van der Waals surface area contributed by atoms with E-state index >= 15 is 0 Å². The molecule has 0 spiro atoms. The maximum Gasteiger partial charge on any atom is 0.219 e. The van der Waals surface area contributed by atoms with E-state index in [0.717, 1.165) is 23.2 Å². The van der Waals surface area contributed by atoms with Gasteiger partial charge in [-0.05, 0) is 47.9 Å². The van der Waals surface area contributed by atoms with E-state index in [0.29, 0.717) is 15.8 Å². The molecule has 4 nitrogen and oxygen atoms in total. The first kappa shape index (κ1) is 23.0. The van der Waals surface area contributed by atoms with Crippen LogP contribution >= 0.6 is 23.4 Å². The van der Waals surface area contributed by atoms with Crippen LogP contribution in [0.15, 0.2) is 93.7 Å². The lowest BCUT2D eigenvalue weighted by Gasteiger charge is -2.16. The number of hydrogen-bond donors (Lipinski definition) is 1. The number of benzene rings is 3. The van der Waals surface area contributed by atoms with Crippen LogP contribution in [-0.2, 0) is 22.0 Å². The largest absolute Gasteiger partial charge is 0.348 e. The number of thioether (sulfide) groups is 1. The predicted octanol–water partition coefficient (Wildman–Crippen LogP) is 6.41. The minimum Gasteiger partial charge on any atom is -0.348 e. The van der Waals surface area contributed by atoms with Crippen molar-refractivity contribution in [3.05, 3.63) is 105 Å². The molecular formula is C24H21ClN2O2S2. The highest BCUT2D eigenvalue weighted by Crippen LogP contribution is 2.32. The Kier molecular flexibility index (Phi) is 7.80. The van der Waals surface area contributed by atoms with Gasteiger partial charge in [0.2, 0.25) is 9.84 Å². The third-order valence-corrected chi connectivity index (χ3v) is 7.75. The molecule has 0 saturated carbocycles. The van der Waals surface area contributed by atoms with Crippen LogP contribution in [0, 0.1) is 11.3 Å². The van der Waals surface area contributed by atoms with E-state index in [1.807, 2.05) is 49.4 Å². The number of para-hydroxylation sites is 1. The van der Waals surface area contributed by atoms with Gasteiger partial charge in [-0.3, -0.25) is 0 Å². The summed E-state index contributed by atoms with van der Waals surface area (Å²) >= 11 is 7.24. The molecule has 0 radical (unpaired) electrons. The molecule has 0 aliphatic carbocycles. The van der Waals surface area contributed by atoms with Crippen molar-refractivity contribution in [2.24, 2.45) is 0 Å². The molecule has 0 heterocycles. The molecule has 0 amide bonds. The highest BCUT2D eigenvalue weighted by atomic mass is 35.5. The molecule has 158 valence electrons. The Bertz CT molecular complexity index is 1220. The molecule has 7 heteroatoms. The number of allylic oxidation sites excluding steroid dienone is 1. The summed E-state index contributed by atoms with van der Waals surface area (Å²) in [5.74, 6) is 0.475. The van der Waals surface area contributed by atoms with Crippen molar-refractivity contribution in [3.8, 4) is 6.07 Å². The van der Waals surface area contributed by atoms with Crippen molar-refractivity contribution < 1.29 is 8.42 Å². The summed E-state index contributed by atoms with van der Waals surface area (Å²) in [4.78, 5) is -0.217. The number of rotatable bonds is 8. The number of halogens is 1. The molecule has 0 fully saturated rings. The summed E-state index contributed by atoms with van der Waals surface area (Å²) in [6, 6.07) is 24.9. The average molecular weight is 469 g/mol. The lowest BCUT2D eigenvalue weighted by molar-refractivity contribution is 0.603. The molecule has 1 N–H and O–H groups in total. The Morgan fingerprint density at radius 1 is 1.00 bits per heavy atom. The second kappa shape index (κ2) is 10.5. The monoisotopic (exact) mass is 468 g/mol. The van der Waals surface area contributed by atoms with Gasteiger partial charge in [-0.15, -0.1) is 11.8 Å². The van der Waals surface area contributed by atoms with Gasteiger partial charge in [0, 0.05) is 16.5 Å². The average Bonchev–Trinajstić information content (AvgIpc) is 2.79.